The van der Waals surface area contributed by atoms with Crippen molar-refractivity contribution in [2.24, 2.45) is 5.73 Å². The molecule has 7 nitrogen and oxygen atoms in total. The van der Waals surface area contributed by atoms with Gasteiger partial charge in [0.2, 0.25) is 0 Å². The predicted octanol–water partition coefficient (Wildman–Crippen LogP) is 3.51. The maximum atomic E-state index is 10.9. The summed E-state index contributed by atoms with van der Waals surface area (Å²) in [5, 5.41) is 37.6. The van der Waals surface area contributed by atoms with E-state index in [0.29, 0.717) is 25.7 Å². The number of nitrogens with two attached hydrogens (primary N) is 1. The van der Waals surface area contributed by atoms with Gasteiger partial charge in [-0.25, -0.2) is 0 Å². The molecular formula is C23H39NO6S. The van der Waals surface area contributed by atoms with Crippen LogP contribution in [0.15, 0.2) is 36.5 Å². The van der Waals surface area contributed by atoms with Crippen molar-refractivity contribution >= 4 is 23.7 Å². The Morgan fingerprint density at radius 3 is 2.35 bits per heavy atom. The van der Waals surface area contributed by atoms with E-state index in [1.165, 1.54) is 31.0 Å². The summed E-state index contributed by atoms with van der Waals surface area (Å²) in [5.74, 6) is -1.89. The normalized spacial score (nSPS) is 16.1. The lowest BCUT2D eigenvalue weighted by molar-refractivity contribution is -0.138. The van der Waals surface area contributed by atoms with Crippen molar-refractivity contribution in [1.29, 1.82) is 0 Å². The van der Waals surface area contributed by atoms with Crippen molar-refractivity contribution in [3.63, 3.8) is 0 Å². The van der Waals surface area contributed by atoms with Gasteiger partial charge in [-0.05, 0) is 38.5 Å². The van der Waals surface area contributed by atoms with Crippen LogP contribution in [-0.4, -0.2) is 61.6 Å². The minimum Gasteiger partial charge on any atom is -0.481 e. The minimum absolute atomic E-state index is 0.0301. The Morgan fingerprint density at radius 2 is 1.71 bits per heavy atom. The van der Waals surface area contributed by atoms with E-state index in [4.69, 9.17) is 15.9 Å². The number of rotatable bonds is 19. The number of carbonyl (C=O) groups is 2. The molecule has 0 saturated heterocycles. The molecule has 8 heteroatoms. The number of aliphatic hydroxyl groups excluding tert-OH is 2. The molecule has 4 unspecified atom stereocenters. The monoisotopic (exact) mass is 457 g/mol. The summed E-state index contributed by atoms with van der Waals surface area (Å²) in [4.78, 5) is 21.6. The Bertz CT molecular complexity index is 578. The van der Waals surface area contributed by atoms with E-state index < -0.39 is 35.4 Å². The Balaban J connectivity index is 4.53. The topological polar surface area (TPSA) is 141 Å². The van der Waals surface area contributed by atoms with Crippen LogP contribution >= 0.6 is 11.8 Å². The number of unbranched alkanes of at least 4 members (excludes halogenated alkanes) is 3. The first-order chi connectivity index (χ1) is 14.8. The third-order valence-electron chi connectivity index (χ3n) is 4.56. The highest BCUT2D eigenvalue weighted by molar-refractivity contribution is 8.00. The van der Waals surface area contributed by atoms with Crippen LogP contribution in [0.2, 0.25) is 0 Å². The molecule has 0 spiro atoms. The summed E-state index contributed by atoms with van der Waals surface area (Å²) in [6.07, 6.45) is 16.3. The molecule has 4 atom stereocenters. The average molecular weight is 458 g/mol. The Morgan fingerprint density at radius 1 is 1.00 bits per heavy atom. The summed E-state index contributed by atoms with van der Waals surface area (Å²) in [6.45, 7) is 2.17. The Hall–Kier alpha value is -1.61. The lowest BCUT2D eigenvalue weighted by atomic mass is 10.1. The lowest BCUT2D eigenvalue weighted by Gasteiger charge is -2.20. The average Bonchev–Trinajstić information content (AvgIpc) is 2.71. The molecule has 0 amide bonds. The Labute approximate surface area is 190 Å². The van der Waals surface area contributed by atoms with Crippen molar-refractivity contribution in [3.8, 4) is 0 Å². The fourth-order valence-corrected chi connectivity index (χ4v) is 3.81. The number of carboxylic acid groups (broad SMARTS) is 2. The fourth-order valence-electron chi connectivity index (χ4n) is 2.68. The predicted molar refractivity (Wildman–Crippen MR) is 126 cm³/mol. The number of hydrogen-bond acceptors (Lipinski definition) is 6. The van der Waals surface area contributed by atoms with Gasteiger partial charge in [0.15, 0.2) is 0 Å². The highest BCUT2D eigenvalue weighted by atomic mass is 32.2. The van der Waals surface area contributed by atoms with Gasteiger partial charge in [-0.2, -0.15) is 0 Å². The van der Waals surface area contributed by atoms with Crippen molar-refractivity contribution in [1.82, 2.24) is 0 Å². The van der Waals surface area contributed by atoms with Crippen molar-refractivity contribution in [2.75, 3.05) is 5.75 Å². The minimum atomic E-state index is -1.11. The summed E-state index contributed by atoms with van der Waals surface area (Å²) in [7, 11) is 0. The summed E-state index contributed by atoms with van der Waals surface area (Å²) >= 11 is 1.23. The largest absolute Gasteiger partial charge is 0.481 e. The van der Waals surface area contributed by atoms with Crippen LogP contribution in [0, 0.1) is 0 Å². The number of hydrogen-bond donors (Lipinski definition) is 5. The molecule has 0 radical (unpaired) electrons. The zero-order valence-electron chi connectivity index (χ0n) is 18.4. The highest BCUT2D eigenvalue weighted by Crippen LogP contribution is 2.21. The van der Waals surface area contributed by atoms with Crippen LogP contribution in [0.1, 0.15) is 64.7 Å². The second-order valence-corrected chi connectivity index (χ2v) is 8.71. The molecule has 0 aromatic carbocycles. The van der Waals surface area contributed by atoms with Crippen LogP contribution in [0.25, 0.3) is 0 Å². The number of aliphatic hydroxyl groups is 2. The molecule has 0 heterocycles. The maximum Gasteiger partial charge on any atom is 0.321 e. The zero-order valence-corrected chi connectivity index (χ0v) is 19.3. The molecule has 6 N–H and O–H groups in total. The molecule has 178 valence electrons. The van der Waals surface area contributed by atoms with Gasteiger partial charge >= 0.3 is 11.9 Å². The van der Waals surface area contributed by atoms with E-state index in [0.717, 1.165) is 6.42 Å². The molecule has 0 aliphatic heterocycles. The van der Waals surface area contributed by atoms with Gasteiger partial charge < -0.3 is 26.2 Å². The number of thioether (sulfide) groups is 1. The standard InChI is InChI=1S/C23H39NO6S/c1-2-3-4-5-6-8-12-18(25)13-9-7-10-15-21(31-17-19(24)23(29)30)20(26)14-11-16-22(27)28/h6-10,15,18-21,25-26H,2-5,11-14,16-17,24H2,1H3,(H,27,28)(H,29,30). The second kappa shape index (κ2) is 19.1. The second-order valence-electron chi connectivity index (χ2n) is 7.50. The molecule has 0 rings (SSSR count). The quantitative estimate of drug-likeness (QED) is 0.113. The van der Waals surface area contributed by atoms with E-state index in [1.54, 1.807) is 18.2 Å². The highest BCUT2D eigenvalue weighted by Gasteiger charge is 2.20. The molecule has 0 fully saturated rings. The van der Waals surface area contributed by atoms with Crippen molar-refractivity contribution in [3.05, 3.63) is 36.5 Å². The zero-order chi connectivity index (χ0) is 23.5. The molecule has 0 aromatic rings. The SMILES string of the molecule is CCCCCC=CCC(O)CC=CC=CC(SCC(N)C(=O)O)C(O)CCCC(=O)O. The Kier molecular flexibility index (Phi) is 18.1. The van der Waals surface area contributed by atoms with E-state index in [9.17, 15) is 19.8 Å². The van der Waals surface area contributed by atoms with Gasteiger partial charge in [0.25, 0.3) is 0 Å². The van der Waals surface area contributed by atoms with Crippen LogP contribution in [-0.2, 0) is 9.59 Å². The molecular weight excluding hydrogens is 418 g/mol. The summed E-state index contributed by atoms with van der Waals surface area (Å²) < 4.78 is 0. The third-order valence-corrected chi connectivity index (χ3v) is 5.97. The van der Waals surface area contributed by atoms with Gasteiger partial charge in [-0.1, -0.05) is 56.2 Å². The number of allylic oxidation sites excluding steroid dienone is 3. The number of carboxylic acids is 2. The molecule has 31 heavy (non-hydrogen) atoms. The van der Waals surface area contributed by atoms with Gasteiger partial charge in [-0.3, -0.25) is 9.59 Å². The fraction of sp³-hybridized carbons (Fsp3) is 0.652. The molecule has 0 bridgehead atoms. The van der Waals surface area contributed by atoms with E-state index in [2.05, 4.69) is 13.0 Å². The van der Waals surface area contributed by atoms with Crippen molar-refractivity contribution in [2.45, 2.75) is 88.2 Å². The van der Waals surface area contributed by atoms with Gasteiger partial charge in [0.05, 0.1) is 12.2 Å². The van der Waals surface area contributed by atoms with E-state index >= 15 is 0 Å². The van der Waals surface area contributed by atoms with Gasteiger partial charge in [0, 0.05) is 17.4 Å². The maximum absolute atomic E-state index is 10.9. The molecule has 0 aliphatic rings. The van der Waals surface area contributed by atoms with Crippen LogP contribution < -0.4 is 5.73 Å². The molecule has 0 aromatic heterocycles. The lowest BCUT2D eigenvalue weighted by Crippen LogP contribution is -2.34. The molecule has 0 aliphatic carbocycles. The summed E-state index contributed by atoms with van der Waals surface area (Å²) in [5.41, 5.74) is 5.54. The summed E-state index contributed by atoms with van der Waals surface area (Å²) in [6, 6.07) is -1.03. The molecule has 0 saturated carbocycles. The van der Waals surface area contributed by atoms with E-state index in [-0.39, 0.29) is 12.2 Å². The smallest absolute Gasteiger partial charge is 0.321 e. The van der Waals surface area contributed by atoms with Crippen molar-refractivity contribution < 1.29 is 30.0 Å². The third kappa shape index (κ3) is 17.7. The number of aliphatic carboxylic acids is 2. The van der Waals surface area contributed by atoms with Crippen LogP contribution in [0.3, 0.4) is 0 Å². The first kappa shape index (κ1) is 29.4. The van der Waals surface area contributed by atoms with E-state index in [1.807, 2.05) is 12.2 Å². The van der Waals surface area contributed by atoms with Crippen LogP contribution in [0.4, 0.5) is 0 Å². The van der Waals surface area contributed by atoms with Gasteiger partial charge in [-0.15, -0.1) is 11.8 Å². The first-order valence-electron chi connectivity index (χ1n) is 10.9. The first-order valence-corrected chi connectivity index (χ1v) is 12.0. The van der Waals surface area contributed by atoms with Crippen LogP contribution in [0.5, 0.6) is 0 Å². The van der Waals surface area contributed by atoms with Gasteiger partial charge in [0.1, 0.15) is 6.04 Å².